The summed E-state index contributed by atoms with van der Waals surface area (Å²) in [6.45, 7) is 3.83. The van der Waals surface area contributed by atoms with Crippen molar-refractivity contribution in [1.29, 1.82) is 5.26 Å². The smallest absolute Gasteiger partial charge is 0.0953 e. The number of hydrogen-bond donors (Lipinski definition) is 5. The average Bonchev–Trinajstić information content (AvgIpc) is 2.96. The summed E-state index contributed by atoms with van der Waals surface area (Å²) in [7, 11) is 0. The molecule has 2 saturated heterocycles. The lowest BCUT2D eigenvalue weighted by atomic mass is 9.77. The molecular formula is C14H24N6. The van der Waals surface area contributed by atoms with Gasteiger partial charge in [-0.25, -0.2) is 0 Å². The first-order valence-electron chi connectivity index (χ1n) is 7.61. The summed E-state index contributed by atoms with van der Waals surface area (Å²) in [5.41, 5.74) is 0. The fourth-order valence-electron chi connectivity index (χ4n) is 3.62. The first-order chi connectivity index (χ1) is 9.86. The molecule has 20 heavy (non-hydrogen) atoms. The van der Waals surface area contributed by atoms with E-state index in [1.807, 2.05) is 12.4 Å². The van der Waals surface area contributed by atoms with E-state index in [1.54, 1.807) is 0 Å². The highest BCUT2D eigenvalue weighted by Crippen LogP contribution is 2.32. The van der Waals surface area contributed by atoms with Crippen LogP contribution in [0.5, 0.6) is 0 Å². The molecule has 3 heterocycles. The van der Waals surface area contributed by atoms with Gasteiger partial charge in [0, 0.05) is 25.5 Å². The van der Waals surface area contributed by atoms with E-state index in [0.29, 0.717) is 18.0 Å². The van der Waals surface area contributed by atoms with E-state index in [1.165, 1.54) is 0 Å². The molecule has 3 aliphatic rings. The number of piperidine rings is 1. The van der Waals surface area contributed by atoms with Gasteiger partial charge < -0.3 is 21.3 Å². The molecule has 3 aliphatic heterocycles. The quantitative estimate of drug-likeness (QED) is 0.467. The Balaban J connectivity index is 1.51. The zero-order chi connectivity index (χ0) is 13.8. The fraction of sp³-hybridized carbons (Fsp3) is 0.786. The maximum Gasteiger partial charge on any atom is 0.0953 e. The van der Waals surface area contributed by atoms with Crippen LogP contribution < -0.4 is 26.6 Å². The van der Waals surface area contributed by atoms with Gasteiger partial charge in [-0.15, -0.1) is 0 Å². The average molecular weight is 276 g/mol. The summed E-state index contributed by atoms with van der Waals surface area (Å²) < 4.78 is 0. The molecule has 2 fully saturated rings. The van der Waals surface area contributed by atoms with Gasteiger partial charge >= 0.3 is 0 Å². The molecule has 0 radical (unpaired) electrons. The molecule has 3 rings (SSSR count). The Morgan fingerprint density at radius 2 is 2.10 bits per heavy atom. The van der Waals surface area contributed by atoms with Gasteiger partial charge in [0.1, 0.15) is 0 Å². The summed E-state index contributed by atoms with van der Waals surface area (Å²) >= 11 is 0. The molecule has 5 N–H and O–H groups in total. The monoisotopic (exact) mass is 276 g/mol. The SMILES string of the molecule is N#CC1CNCCC1C1CNC(NC2CNC=CN2)C1. The van der Waals surface area contributed by atoms with E-state index in [-0.39, 0.29) is 12.1 Å². The highest BCUT2D eigenvalue weighted by Gasteiger charge is 2.36. The van der Waals surface area contributed by atoms with Crippen molar-refractivity contribution < 1.29 is 0 Å². The fourth-order valence-corrected chi connectivity index (χ4v) is 3.62. The second-order valence-corrected chi connectivity index (χ2v) is 5.98. The van der Waals surface area contributed by atoms with E-state index in [4.69, 9.17) is 0 Å². The van der Waals surface area contributed by atoms with Gasteiger partial charge in [0.15, 0.2) is 0 Å². The number of nitrogens with one attached hydrogen (secondary N) is 5. The summed E-state index contributed by atoms with van der Waals surface area (Å²) in [6, 6.07) is 2.48. The van der Waals surface area contributed by atoms with E-state index in [2.05, 4.69) is 32.7 Å². The molecular weight excluding hydrogens is 252 g/mol. The molecule has 5 unspecified atom stereocenters. The van der Waals surface area contributed by atoms with Crippen LogP contribution in [0.4, 0.5) is 0 Å². The molecule has 110 valence electrons. The molecule has 0 aromatic carbocycles. The molecule has 0 bridgehead atoms. The lowest BCUT2D eigenvalue weighted by Gasteiger charge is -2.32. The standard InChI is InChI=1S/C14H24N6/c15-6-11-7-16-2-1-12(11)10-5-13(19-8-10)20-14-9-17-3-4-18-14/h3-4,10-14,16-20H,1-2,5,7-9H2. The van der Waals surface area contributed by atoms with Gasteiger partial charge in [-0.2, -0.15) is 5.26 Å². The molecule has 0 aliphatic carbocycles. The Kier molecular flexibility index (Phi) is 4.41. The highest BCUT2D eigenvalue weighted by atomic mass is 15.3. The minimum Gasteiger partial charge on any atom is -0.386 e. The Hall–Kier alpha value is -1.29. The second-order valence-electron chi connectivity index (χ2n) is 5.98. The van der Waals surface area contributed by atoms with Crippen LogP contribution in [0.15, 0.2) is 12.4 Å². The maximum absolute atomic E-state index is 9.30. The van der Waals surface area contributed by atoms with E-state index >= 15 is 0 Å². The normalized spacial score (nSPS) is 40.6. The van der Waals surface area contributed by atoms with Gasteiger partial charge in [-0.3, -0.25) is 5.32 Å². The van der Waals surface area contributed by atoms with Crippen LogP contribution in [0.3, 0.4) is 0 Å². The van der Waals surface area contributed by atoms with Crippen molar-refractivity contribution >= 4 is 0 Å². The van der Waals surface area contributed by atoms with Crippen molar-refractivity contribution in [3.8, 4) is 6.07 Å². The molecule has 5 atom stereocenters. The highest BCUT2D eigenvalue weighted by molar-refractivity contribution is 4.99. The molecule has 0 spiro atoms. The van der Waals surface area contributed by atoms with Crippen molar-refractivity contribution in [3.05, 3.63) is 12.4 Å². The van der Waals surface area contributed by atoms with Crippen LogP contribution in [0, 0.1) is 29.1 Å². The van der Waals surface area contributed by atoms with E-state index in [9.17, 15) is 5.26 Å². The third-order valence-corrected chi connectivity index (χ3v) is 4.69. The van der Waals surface area contributed by atoms with Crippen LogP contribution >= 0.6 is 0 Å². The largest absolute Gasteiger partial charge is 0.386 e. The Bertz CT molecular complexity index is 390. The van der Waals surface area contributed by atoms with E-state index in [0.717, 1.165) is 39.0 Å². The lowest BCUT2D eigenvalue weighted by molar-refractivity contribution is 0.218. The number of hydrogen-bond acceptors (Lipinski definition) is 6. The summed E-state index contributed by atoms with van der Waals surface area (Å²) in [6.07, 6.45) is 6.73. The maximum atomic E-state index is 9.30. The van der Waals surface area contributed by atoms with Crippen LogP contribution in [0.1, 0.15) is 12.8 Å². The predicted molar refractivity (Wildman–Crippen MR) is 77.2 cm³/mol. The molecule has 6 heteroatoms. The second kappa shape index (κ2) is 6.44. The molecule has 0 saturated carbocycles. The Labute approximate surface area is 120 Å². The molecule has 6 nitrogen and oxygen atoms in total. The van der Waals surface area contributed by atoms with Crippen LogP contribution in [0.2, 0.25) is 0 Å². The molecule has 0 aromatic rings. The zero-order valence-electron chi connectivity index (χ0n) is 11.7. The van der Waals surface area contributed by atoms with Crippen LogP contribution in [-0.2, 0) is 0 Å². The van der Waals surface area contributed by atoms with Crippen molar-refractivity contribution in [2.45, 2.75) is 25.2 Å². The Morgan fingerprint density at radius 3 is 2.90 bits per heavy atom. The van der Waals surface area contributed by atoms with Crippen molar-refractivity contribution in [2.24, 2.45) is 17.8 Å². The van der Waals surface area contributed by atoms with Crippen LogP contribution in [-0.4, -0.2) is 38.5 Å². The minimum atomic E-state index is 0.173. The first kappa shape index (κ1) is 13.7. The molecule has 0 amide bonds. The summed E-state index contributed by atoms with van der Waals surface area (Å²) in [5.74, 6) is 1.33. The van der Waals surface area contributed by atoms with Crippen molar-refractivity contribution in [3.63, 3.8) is 0 Å². The summed E-state index contributed by atoms with van der Waals surface area (Å²) in [5, 5.41) is 26.3. The van der Waals surface area contributed by atoms with Crippen molar-refractivity contribution in [1.82, 2.24) is 26.6 Å². The third-order valence-electron chi connectivity index (χ3n) is 4.69. The topological polar surface area (TPSA) is 83.9 Å². The predicted octanol–water partition coefficient (Wildman–Crippen LogP) is -0.749. The van der Waals surface area contributed by atoms with Gasteiger partial charge in [0.05, 0.1) is 24.3 Å². The lowest BCUT2D eigenvalue weighted by Crippen LogP contribution is -2.54. The van der Waals surface area contributed by atoms with Crippen molar-refractivity contribution in [2.75, 3.05) is 26.2 Å². The molecule has 0 aromatic heterocycles. The third kappa shape index (κ3) is 3.06. The summed E-state index contributed by atoms with van der Waals surface area (Å²) in [4.78, 5) is 0. The van der Waals surface area contributed by atoms with E-state index < -0.39 is 0 Å². The zero-order valence-corrected chi connectivity index (χ0v) is 11.7. The van der Waals surface area contributed by atoms with Gasteiger partial charge in [-0.05, 0) is 37.8 Å². The van der Waals surface area contributed by atoms with Gasteiger partial charge in [0.25, 0.3) is 0 Å². The van der Waals surface area contributed by atoms with Gasteiger partial charge in [0.2, 0.25) is 0 Å². The Morgan fingerprint density at radius 1 is 1.15 bits per heavy atom. The van der Waals surface area contributed by atoms with Crippen LogP contribution in [0.25, 0.3) is 0 Å². The number of nitriles is 1. The number of nitrogens with zero attached hydrogens (tertiary/aromatic N) is 1. The first-order valence-corrected chi connectivity index (χ1v) is 7.61. The number of rotatable bonds is 3. The van der Waals surface area contributed by atoms with Gasteiger partial charge in [-0.1, -0.05) is 0 Å². The minimum absolute atomic E-state index is 0.173.